The Labute approximate surface area is 164 Å². The van der Waals surface area contributed by atoms with E-state index in [4.69, 9.17) is 4.74 Å². The van der Waals surface area contributed by atoms with Gasteiger partial charge >= 0.3 is 0 Å². The van der Waals surface area contributed by atoms with Crippen LogP contribution in [0.2, 0.25) is 0 Å². The van der Waals surface area contributed by atoms with E-state index >= 15 is 0 Å². The molecular formula is C19H29N4O5+. The molecule has 1 atom stereocenters. The summed E-state index contributed by atoms with van der Waals surface area (Å²) < 4.78 is 5.31. The number of nitrogens with one attached hydrogen (secondary N) is 3. The molecule has 1 aliphatic heterocycles. The molecule has 1 aliphatic rings. The monoisotopic (exact) mass is 393 g/mol. The molecule has 5 N–H and O–H groups in total. The summed E-state index contributed by atoms with van der Waals surface area (Å²) >= 11 is 0. The fourth-order valence-corrected chi connectivity index (χ4v) is 3.10. The third kappa shape index (κ3) is 8.03. The Morgan fingerprint density at radius 3 is 2.32 bits per heavy atom. The summed E-state index contributed by atoms with van der Waals surface area (Å²) in [5.74, 6) is -1.81. The topological polar surface area (TPSA) is 129 Å². The van der Waals surface area contributed by atoms with Crippen molar-refractivity contribution in [2.24, 2.45) is 0 Å². The van der Waals surface area contributed by atoms with Crippen LogP contribution in [0.25, 0.3) is 0 Å². The van der Waals surface area contributed by atoms with Gasteiger partial charge in [0.05, 0.1) is 38.7 Å². The van der Waals surface area contributed by atoms with Gasteiger partial charge in [0.15, 0.2) is 0 Å². The third-order valence-electron chi connectivity index (χ3n) is 4.58. The predicted octanol–water partition coefficient (Wildman–Crippen LogP) is -3.04. The quantitative estimate of drug-likeness (QED) is 0.314. The SMILES string of the molecule is CC(=O)Nc1ccc(NC(=O)C[C@@H]([NH2+]CCC[NH+]2CCOCC2)C(=O)[O-])cc1. The van der Waals surface area contributed by atoms with Crippen LogP contribution in [0.15, 0.2) is 24.3 Å². The lowest BCUT2D eigenvalue weighted by Crippen LogP contribution is -3.14. The van der Waals surface area contributed by atoms with E-state index in [9.17, 15) is 19.5 Å². The molecule has 0 radical (unpaired) electrons. The molecule has 0 bridgehead atoms. The zero-order valence-electron chi connectivity index (χ0n) is 16.2. The van der Waals surface area contributed by atoms with Crippen molar-refractivity contribution in [3.05, 3.63) is 24.3 Å². The van der Waals surface area contributed by atoms with Crippen molar-refractivity contribution >= 4 is 29.2 Å². The minimum absolute atomic E-state index is 0.166. The van der Waals surface area contributed by atoms with Crippen LogP contribution in [0.5, 0.6) is 0 Å². The number of carboxylic acids is 1. The standard InChI is InChI=1S/C19H28N4O5/c1-14(24)21-15-3-5-16(6-4-15)22-18(25)13-17(19(26)27)20-7-2-8-23-9-11-28-12-10-23/h3-6,17,20H,2,7-13H2,1H3,(H,21,24)(H,22,25)(H,26,27)/p+1/t17-/m1/s1. The van der Waals surface area contributed by atoms with Gasteiger partial charge in [-0.2, -0.15) is 0 Å². The second kappa shape index (κ2) is 11.4. The van der Waals surface area contributed by atoms with E-state index in [0.717, 1.165) is 39.3 Å². The van der Waals surface area contributed by atoms with Crippen molar-refractivity contribution in [1.82, 2.24) is 0 Å². The minimum Gasteiger partial charge on any atom is -0.544 e. The number of anilines is 2. The van der Waals surface area contributed by atoms with Gasteiger partial charge in [-0.25, -0.2) is 0 Å². The Hall–Kier alpha value is -2.49. The van der Waals surface area contributed by atoms with Crippen LogP contribution in [-0.4, -0.2) is 63.2 Å². The average molecular weight is 393 g/mol. The number of benzene rings is 1. The average Bonchev–Trinajstić information content (AvgIpc) is 2.66. The van der Waals surface area contributed by atoms with Gasteiger partial charge < -0.3 is 35.5 Å². The smallest absolute Gasteiger partial charge is 0.230 e. The van der Waals surface area contributed by atoms with E-state index < -0.39 is 17.9 Å². The molecule has 1 fully saturated rings. The number of aliphatic carboxylic acids is 1. The maximum Gasteiger partial charge on any atom is 0.230 e. The fourth-order valence-electron chi connectivity index (χ4n) is 3.10. The van der Waals surface area contributed by atoms with Crippen molar-refractivity contribution in [2.45, 2.75) is 25.8 Å². The summed E-state index contributed by atoms with van der Waals surface area (Å²) in [7, 11) is 0. The number of hydrogen-bond acceptors (Lipinski definition) is 5. The predicted molar refractivity (Wildman–Crippen MR) is 101 cm³/mol. The maximum atomic E-state index is 12.2. The van der Waals surface area contributed by atoms with Crippen molar-refractivity contribution < 1.29 is 34.4 Å². The third-order valence-corrected chi connectivity index (χ3v) is 4.58. The molecule has 0 aliphatic carbocycles. The Kier molecular flexibility index (Phi) is 8.86. The molecular weight excluding hydrogens is 364 g/mol. The van der Waals surface area contributed by atoms with Crippen LogP contribution < -0.4 is 26.0 Å². The zero-order valence-corrected chi connectivity index (χ0v) is 16.2. The van der Waals surface area contributed by atoms with Crippen LogP contribution in [-0.2, 0) is 19.1 Å². The fraction of sp³-hybridized carbons (Fsp3) is 0.526. The lowest BCUT2D eigenvalue weighted by Gasteiger charge is -2.23. The van der Waals surface area contributed by atoms with Gasteiger partial charge in [0.25, 0.3) is 0 Å². The van der Waals surface area contributed by atoms with Gasteiger partial charge in [-0.3, -0.25) is 9.59 Å². The first-order chi connectivity index (χ1) is 13.4. The van der Waals surface area contributed by atoms with Crippen LogP contribution in [0.1, 0.15) is 19.8 Å². The van der Waals surface area contributed by atoms with E-state index in [0.29, 0.717) is 17.9 Å². The number of hydrogen-bond donors (Lipinski definition) is 4. The number of nitrogens with two attached hydrogens (primary N) is 1. The Balaban J connectivity index is 1.73. The van der Waals surface area contributed by atoms with E-state index in [1.165, 1.54) is 11.8 Å². The highest BCUT2D eigenvalue weighted by Crippen LogP contribution is 2.13. The van der Waals surface area contributed by atoms with Crippen LogP contribution in [0, 0.1) is 0 Å². The summed E-state index contributed by atoms with van der Waals surface area (Å²) in [6.07, 6.45) is 0.700. The molecule has 0 spiro atoms. The number of carbonyl (C=O) groups is 3. The van der Waals surface area contributed by atoms with Crippen molar-refractivity contribution in [3.8, 4) is 0 Å². The maximum absolute atomic E-state index is 12.2. The number of rotatable bonds is 10. The molecule has 1 aromatic carbocycles. The molecule has 154 valence electrons. The number of amides is 2. The van der Waals surface area contributed by atoms with Gasteiger partial charge in [0, 0.05) is 24.7 Å². The molecule has 1 heterocycles. The largest absolute Gasteiger partial charge is 0.544 e. The summed E-state index contributed by atoms with van der Waals surface area (Å²) in [5, 5.41) is 18.3. The number of carboxylic acid groups (broad SMARTS) is 1. The normalized spacial score (nSPS) is 15.6. The Morgan fingerprint density at radius 2 is 1.75 bits per heavy atom. The van der Waals surface area contributed by atoms with Crippen LogP contribution in [0.3, 0.4) is 0 Å². The summed E-state index contributed by atoms with van der Waals surface area (Å²) in [6, 6.07) is 5.69. The van der Waals surface area contributed by atoms with Gasteiger partial charge in [0.2, 0.25) is 11.8 Å². The highest BCUT2D eigenvalue weighted by molar-refractivity contribution is 5.94. The lowest BCUT2D eigenvalue weighted by molar-refractivity contribution is -0.909. The highest BCUT2D eigenvalue weighted by atomic mass is 16.5. The van der Waals surface area contributed by atoms with Crippen molar-refractivity contribution in [2.75, 3.05) is 50.0 Å². The molecule has 0 aromatic heterocycles. The van der Waals surface area contributed by atoms with Gasteiger partial charge in [-0.15, -0.1) is 0 Å². The molecule has 1 saturated heterocycles. The van der Waals surface area contributed by atoms with E-state index in [-0.39, 0.29) is 12.3 Å². The second-order valence-corrected chi connectivity index (χ2v) is 6.93. The number of morpholine rings is 1. The highest BCUT2D eigenvalue weighted by Gasteiger charge is 2.19. The molecule has 9 nitrogen and oxygen atoms in total. The van der Waals surface area contributed by atoms with Crippen LogP contribution >= 0.6 is 0 Å². The number of quaternary nitrogens is 2. The van der Waals surface area contributed by atoms with Crippen LogP contribution in [0.4, 0.5) is 11.4 Å². The summed E-state index contributed by atoms with van der Waals surface area (Å²) in [4.78, 5) is 36.0. The van der Waals surface area contributed by atoms with E-state index in [2.05, 4.69) is 10.6 Å². The van der Waals surface area contributed by atoms with Crippen molar-refractivity contribution in [1.29, 1.82) is 0 Å². The van der Waals surface area contributed by atoms with E-state index in [1.807, 2.05) is 0 Å². The first kappa shape index (κ1) is 21.8. The number of carbonyl (C=O) groups excluding carboxylic acids is 3. The number of ether oxygens (including phenoxy) is 1. The molecule has 0 unspecified atom stereocenters. The Morgan fingerprint density at radius 1 is 1.14 bits per heavy atom. The summed E-state index contributed by atoms with van der Waals surface area (Å²) in [6.45, 7) is 6.50. The molecule has 2 amide bonds. The lowest BCUT2D eigenvalue weighted by atomic mass is 10.2. The van der Waals surface area contributed by atoms with E-state index in [1.54, 1.807) is 29.6 Å². The Bertz CT molecular complexity index is 659. The van der Waals surface area contributed by atoms with Gasteiger partial charge in [0.1, 0.15) is 19.1 Å². The molecule has 0 saturated carbocycles. The van der Waals surface area contributed by atoms with Crippen molar-refractivity contribution in [3.63, 3.8) is 0 Å². The first-order valence-electron chi connectivity index (χ1n) is 9.57. The minimum atomic E-state index is -1.24. The zero-order chi connectivity index (χ0) is 20.4. The first-order valence-corrected chi connectivity index (χ1v) is 9.57. The molecule has 9 heteroatoms. The summed E-state index contributed by atoms with van der Waals surface area (Å²) in [5.41, 5.74) is 1.15. The molecule has 1 aromatic rings. The van der Waals surface area contributed by atoms with Gasteiger partial charge in [-0.1, -0.05) is 0 Å². The molecule has 28 heavy (non-hydrogen) atoms. The molecule has 2 rings (SSSR count). The second-order valence-electron chi connectivity index (χ2n) is 6.93. The van der Waals surface area contributed by atoms with Gasteiger partial charge in [-0.05, 0) is 24.3 Å².